The number of rotatable bonds is 7. The molecule has 4 heteroatoms. The third-order valence-corrected chi connectivity index (χ3v) is 2.34. The van der Waals surface area contributed by atoms with E-state index in [-0.39, 0.29) is 0 Å². The van der Waals surface area contributed by atoms with Crippen LogP contribution in [0.1, 0.15) is 31.7 Å². The topological polar surface area (TPSA) is 52.7 Å². The molecule has 1 atom stereocenters. The van der Waals surface area contributed by atoms with E-state index in [1.54, 1.807) is 0 Å². The lowest BCUT2D eigenvalue weighted by molar-refractivity contribution is 0.518. The van der Waals surface area contributed by atoms with Crippen LogP contribution in [-0.4, -0.2) is 29.8 Å². The second-order valence-electron chi connectivity index (χ2n) is 3.97. The van der Waals surface area contributed by atoms with E-state index in [9.17, 15) is 0 Å². The number of nitrogens with one attached hydrogen (secondary N) is 3. The molecule has 3 N–H and O–H groups in total. The molecular formula is C11H22N4. The zero-order valence-corrected chi connectivity index (χ0v) is 9.93. The Morgan fingerprint density at radius 2 is 2.33 bits per heavy atom. The standard InChI is InChI=1S/C11H22N4/c1-4-5-10-6-11(15-14-10)8-13-9(2)7-12-3/h6,9,12-13H,4-5,7-8H2,1-3H3,(H,14,15). The van der Waals surface area contributed by atoms with Crippen molar-refractivity contribution in [2.45, 2.75) is 39.3 Å². The second-order valence-corrected chi connectivity index (χ2v) is 3.97. The first kappa shape index (κ1) is 12.2. The van der Waals surface area contributed by atoms with Crippen LogP contribution in [0.15, 0.2) is 6.07 Å². The van der Waals surface area contributed by atoms with Gasteiger partial charge in [-0.25, -0.2) is 0 Å². The minimum atomic E-state index is 0.480. The SMILES string of the molecule is CCCc1cc(CNC(C)CNC)[nH]n1. The first-order valence-electron chi connectivity index (χ1n) is 5.67. The summed E-state index contributed by atoms with van der Waals surface area (Å²) in [6.07, 6.45) is 2.20. The normalized spacial score (nSPS) is 13.0. The number of aromatic amines is 1. The van der Waals surface area contributed by atoms with Gasteiger partial charge < -0.3 is 10.6 Å². The molecule has 1 rings (SSSR count). The van der Waals surface area contributed by atoms with Gasteiger partial charge in [0.1, 0.15) is 0 Å². The van der Waals surface area contributed by atoms with Crippen LogP contribution < -0.4 is 10.6 Å². The van der Waals surface area contributed by atoms with Gasteiger partial charge in [0, 0.05) is 24.8 Å². The van der Waals surface area contributed by atoms with E-state index in [2.05, 4.69) is 40.7 Å². The van der Waals surface area contributed by atoms with Crippen molar-refractivity contribution in [1.29, 1.82) is 0 Å². The molecule has 0 aromatic carbocycles. The van der Waals surface area contributed by atoms with Crippen LogP contribution in [-0.2, 0) is 13.0 Å². The number of H-pyrrole nitrogens is 1. The van der Waals surface area contributed by atoms with Gasteiger partial charge in [0.25, 0.3) is 0 Å². The molecule has 1 aromatic heterocycles. The van der Waals surface area contributed by atoms with Crippen molar-refractivity contribution in [3.63, 3.8) is 0 Å². The summed E-state index contributed by atoms with van der Waals surface area (Å²) < 4.78 is 0. The lowest BCUT2D eigenvalue weighted by Crippen LogP contribution is -2.34. The summed E-state index contributed by atoms with van der Waals surface area (Å²) in [5.74, 6) is 0. The van der Waals surface area contributed by atoms with E-state index in [1.165, 1.54) is 5.69 Å². The number of likely N-dealkylation sites (N-methyl/N-ethyl adjacent to an activating group) is 1. The summed E-state index contributed by atoms with van der Waals surface area (Å²) in [6.45, 7) is 6.18. The lowest BCUT2D eigenvalue weighted by Gasteiger charge is -2.11. The molecule has 0 radical (unpaired) electrons. The zero-order chi connectivity index (χ0) is 11.1. The van der Waals surface area contributed by atoms with E-state index in [0.717, 1.165) is 31.6 Å². The number of nitrogens with zero attached hydrogens (tertiary/aromatic N) is 1. The number of hydrogen-bond donors (Lipinski definition) is 3. The molecule has 0 aliphatic rings. The van der Waals surface area contributed by atoms with Crippen LogP contribution >= 0.6 is 0 Å². The van der Waals surface area contributed by atoms with Gasteiger partial charge in [-0.1, -0.05) is 13.3 Å². The molecule has 15 heavy (non-hydrogen) atoms. The Labute approximate surface area is 91.8 Å². The Kier molecular flexibility index (Phi) is 5.36. The number of aryl methyl sites for hydroxylation is 1. The molecule has 1 unspecified atom stereocenters. The molecule has 0 bridgehead atoms. The van der Waals surface area contributed by atoms with Gasteiger partial charge in [-0.05, 0) is 26.5 Å². The van der Waals surface area contributed by atoms with Crippen LogP contribution in [0.25, 0.3) is 0 Å². The van der Waals surface area contributed by atoms with Crippen molar-refractivity contribution in [3.8, 4) is 0 Å². The summed E-state index contributed by atoms with van der Waals surface area (Å²) in [5, 5.41) is 13.9. The minimum absolute atomic E-state index is 0.480. The van der Waals surface area contributed by atoms with E-state index in [0.29, 0.717) is 6.04 Å². The summed E-state index contributed by atoms with van der Waals surface area (Å²) in [6, 6.07) is 2.62. The van der Waals surface area contributed by atoms with Crippen molar-refractivity contribution < 1.29 is 0 Å². The smallest absolute Gasteiger partial charge is 0.0625 e. The van der Waals surface area contributed by atoms with E-state index in [4.69, 9.17) is 0 Å². The largest absolute Gasteiger partial charge is 0.318 e. The molecule has 0 saturated heterocycles. The Morgan fingerprint density at radius 3 is 3.00 bits per heavy atom. The van der Waals surface area contributed by atoms with Crippen LogP contribution in [0, 0.1) is 0 Å². The van der Waals surface area contributed by atoms with Crippen LogP contribution in [0.4, 0.5) is 0 Å². The molecule has 0 aliphatic carbocycles. The van der Waals surface area contributed by atoms with Crippen molar-refractivity contribution >= 4 is 0 Å². The lowest BCUT2D eigenvalue weighted by atomic mass is 10.2. The fourth-order valence-corrected chi connectivity index (χ4v) is 1.55. The maximum Gasteiger partial charge on any atom is 0.0625 e. The highest BCUT2D eigenvalue weighted by Crippen LogP contribution is 2.02. The minimum Gasteiger partial charge on any atom is -0.318 e. The van der Waals surface area contributed by atoms with Crippen molar-refractivity contribution in [3.05, 3.63) is 17.5 Å². The predicted octanol–water partition coefficient (Wildman–Crippen LogP) is 1.06. The zero-order valence-electron chi connectivity index (χ0n) is 9.93. The van der Waals surface area contributed by atoms with Gasteiger partial charge in [-0.3, -0.25) is 5.10 Å². The fourth-order valence-electron chi connectivity index (χ4n) is 1.55. The first-order valence-corrected chi connectivity index (χ1v) is 5.67. The first-order chi connectivity index (χ1) is 7.26. The quantitative estimate of drug-likeness (QED) is 0.631. The van der Waals surface area contributed by atoms with Gasteiger partial charge in [0.05, 0.1) is 5.69 Å². The van der Waals surface area contributed by atoms with Crippen molar-refractivity contribution in [1.82, 2.24) is 20.8 Å². The Balaban J connectivity index is 2.30. The molecule has 86 valence electrons. The van der Waals surface area contributed by atoms with Gasteiger partial charge in [-0.2, -0.15) is 5.10 Å². The Bertz CT molecular complexity index is 269. The van der Waals surface area contributed by atoms with Crippen molar-refractivity contribution in [2.75, 3.05) is 13.6 Å². The van der Waals surface area contributed by atoms with E-state index < -0.39 is 0 Å². The average Bonchev–Trinajstić information content (AvgIpc) is 2.64. The molecule has 0 saturated carbocycles. The van der Waals surface area contributed by atoms with Gasteiger partial charge in [0.15, 0.2) is 0 Å². The predicted molar refractivity (Wildman–Crippen MR) is 62.8 cm³/mol. The second kappa shape index (κ2) is 6.58. The molecule has 4 nitrogen and oxygen atoms in total. The summed E-state index contributed by atoms with van der Waals surface area (Å²) >= 11 is 0. The van der Waals surface area contributed by atoms with E-state index in [1.807, 2.05) is 7.05 Å². The highest BCUT2D eigenvalue weighted by atomic mass is 15.1. The van der Waals surface area contributed by atoms with Crippen LogP contribution in [0.2, 0.25) is 0 Å². The molecule has 1 heterocycles. The molecule has 0 amide bonds. The molecule has 0 fully saturated rings. The third-order valence-electron chi connectivity index (χ3n) is 2.34. The highest BCUT2D eigenvalue weighted by molar-refractivity contribution is 5.08. The number of aromatic nitrogens is 2. The van der Waals surface area contributed by atoms with Gasteiger partial charge in [-0.15, -0.1) is 0 Å². The molecular weight excluding hydrogens is 188 g/mol. The fraction of sp³-hybridized carbons (Fsp3) is 0.727. The average molecular weight is 210 g/mol. The van der Waals surface area contributed by atoms with Crippen LogP contribution in [0.5, 0.6) is 0 Å². The van der Waals surface area contributed by atoms with Crippen LogP contribution in [0.3, 0.4) is 0 Å². The van der Waals surface area contributed by atoms with Gasteiger partial charge in [0.2, 0.25) is 0 Å². The Morgan fingerprint density at radius 1 is 1.53 bits per heavy atom. The summed E-state index contributed by atoms with van der Waals surface area (Å²) in [5.41, 5.74) is 2.33. The molecule has 0 spiro atoms. The maximum absolute atomic E-state index is 4.25. The third kappa shape index (κ3) is 4.44. The highest BCUT2D eigenvalue weighted by Gasteiger charge is 2.02. The van der Waals surface area contributed by atoms with E-state index >= 15 is 0 Å². The molecule has 1 aromatic rings. The van der Waals surface area contributed by atoms with Gasteiger partial charge >= 0.3 is 0 Å². The maximum atomic E-state index is 4.25. The van der Waals surface area contributed by atoms with Crippen molar-refractivity contribution in [2.24, 2.45) is 0 Å². The monoisotopic (exact) mass is 210 g/mol. The Hall–Kier alpha value is -0.870. The molecule has 0 aliphatic heterocycles. The summed E-state index contributed by atoms with van der Waals surface area (Å²) in [7, 11) is 1.97. The number of hydrogen-bond acceptors (Lipinski definition) is 3. The summed E-state index contributed by atoms with van der Waals surface area (Å²) in [4.78, 5) is 0.